The summed E-state index contributed by atoms with van der Waals surface area (Å²) in [6.45, 7) is 2.95. The quantitative estimate of drug-likeness (QED) is 0.300. The van der Waals surface area contributed by atoms with E-state index < -0.39 is 0 Å². The van der Waals surface area contributed by atoms with E-state index in [1.54, 1.807) is 0 Å². The lowest BCUT2D eigenvalue weighted by atomic mass is 10.1. The van der Waals surface area contributed by atoms with Gasteiger partial charge in [0.15, 0.2) is 0 Å². The van der Waals surface area contributed by atoms with Crippen molar-refractivity contribution < 1.29 is 0 Å². The second-order valence-corrected chi connectivity index (χ2v) is 2.40. The van der Waals surface area contributed by atoms with Crippen molar-refractivity contribution in [2.45, 2.75) is 32.2 Å². The number of nitrogens with two attached hydrogens (primary N) is 2. The smallest absolute Gasteiger partial charge is 0.0223 e. The maximum atomic E-state index is 5.28. The molecule has 1 atom stereocenters. The molecule has 0 aromatic carbocycles. The molecule has 0 aromatic rings. The molecule has 0 bridgehead atoms. The van der Waals surface area contributed by atoms with Crippen LogP contribution in [0.15, 0.2) is 0 Å². The van der Waals surface area contributed by atoms with E-state index in [2.05, 4.69) is 17.8 Å². The molecule has 0 heterocycles. The molecule has 62 valence electrons. The molecule has 0 fully saturated rings. The number of hydrogen-bond donors (Lipinski definition) is 4. The summed E-state index contributed by atoms with van der Waals surface area (Å²) in [6.07, 6.45) is 3.25. The fourth-order valence-electron chi connectivity index (χ4n) is 0.917. The van der Waals surface area contributed by atoms with Gasteiger partial charge in [-0.3, -0.25) is 22.5 Å². The monoisotopic (exact) mass is 146 g/mol. The highest BCUT2D eigenvalue weighted by atomic mass is 15.2. The minimum Gasteiger partial charge on any atom is -0.271 e. The number of nitrogens with one attached hydrogen (secondary N) is 2. The van der Waals surface area contributed by atoms with Gasteiger partial charge in [0.25, 0.3) is 0 Å². The van der Waals surface area contributed by atoms with Crippen LogP contribution in [-0.2, 0) is 0 Å². The molecule has 6 N–H and O–H groups in total. The lowest BCUT2D eigenvalue weighted by molar-refractivity contribution is 0.447. The Morgan fingerprint density at radius 2 is 2.00 bits per heavy atom. The van der Waals surface area contributed by atoms with Gasteiger partial charge in [-0.1, -0.05) is 13.3 Å². The summed E-state index contributed by atoms with van der Waals surface area (Å²) in [5, 5.41) is 0. The van der Waals surface area contributed by atoms with Crippen LogP contribution in [0.3, 0.4) is 0 Å². The minimum atomic E-state index is 0.404. The van der Waals surface area contributed by atoms with Crippen molar-refractivity contribution >= 4 is 0 Å². The molecular formula is C6H18N4. The van der Waals surface area contributed by atoms with Crippen molar-refractivity contribution in [2.24, 2.45) is 11.7 Å². The van der Waals surface area contributed by atoms with Crippen LogP contribution >= 0.6 is 0 Å². The van der Waals surface area contributed by atoms with Gasteiger partial charge in [0.05, 0.1) is 0 Å². The van der Waals surface area contributed by atoms with Crippen LogP contribution in [0.5, 0.6) is 0 Å². The van der Waals surface area contributed by atoms with E-state index in [0.29, 0.717) is 6.04 Å². The van der Waals surface area contributed by atoms with Crippen molar-refractivity contribution in [3.63, 3.8) is 0 Å². The van der Waals surface area contributed by atoms with Crippen LogP contribution in [0.25, 0.3) is 0 Å². The second-order valence-electron chi connectivity index (χ2n) is 2.40. The second kappa shape index (κ2) is 6.95. The van der Waals surface area contributed by atoms with E-state index in [-0.39, 0.29) is 0 Å². The standard InChI is InChI=1S/C6H18N4/c1-2-3-6(10-8)4-5-9-7/h6,9-10H,2-5,7-8H2,1H3. The van der Waals surface area contributed by atoms with Crippen LogP contribution in [-0.4, -0.2) is 12.6 Å². The van der Waals surface area contributed by atoms with Gasteiger partial charge in [0.1, 0.15) is 0 Å². The van der Waals surface area contributed by atoms with Gasteiger partial charge in [-0.2, -0.15) is 0 Å². The third kappa shape index (κ3) is 4.69. The van der Waals surface area contributed by atoms with Gasteiger partial charge in [-0.05, 0) is 12.8 Å². The molecule has 4 nitrogen and oxygen atoms in total. The van der Waals surface area contributed by atoms with Gasteiger partial charge in [-0.15, -0.1) is 0 Å². The zero-order valence-electron chi connectivity index (χ0n) is 6.56. The number of hydrazine groups is 2. The van der Waals surface area contributed by atoms with Gasteiger partial charge >= 0.3 is 0 Å². The van der Waals surface area contributed by atoms with Crippen LogP contribution in [0.2, 0.25) is 0 Å². The summed E-state index contributed by atoms with van der Waals surface area (Å²) in [5.41, 5.74) is 5.34. The summed E-state index contributed by atoms with van der Waals surface area (Å²) in [7, 11) is 0. The fraction of sp³-hybridized carbons (Fsp3) is 1.00. The van der Waals surface area contributed by atoms with Crippen molar-refractivity contribution in [2.75, 3.05) is 6.54 Å². The number of rotatable bonds is 6. The molecule has 0 rings (SSSR count). The molecule has 0 spiro atoms. The van der Waals surface area contributed by atoms with Crippen molar-refractivity contribution in [1.29, 1.82) is 0 Å². The Labute approximate surface area is 62.3 Å². The first-order valence-corrected chi connectivity index (χ1v) is 3.74. The maximum absolute atomic E-state index is 5.28. The third-order valence-electron chi connectivity index (χ3n) is 1.51. The van der Waals surface area contributed by atoms with Crippen molar-refractivity contribution in [1.82, 2.24) is 10.9 Å². The van der Waals surface area contributed by atoms with Crippen LogP contribution < -0.4 is 22.5 Å². The largest absolute Gasteiger partial charge is 0.271 e. The summed E-state index contributed by atoms with van der Waals surface area (Å²) in [5.74, 6) is 10.4. The SMILES string of the molecule is CCCC(CCNN)NN. The maximum Gasteiger partial charge on any atom is 0.0223 e. The molecular weight excluding hydrogens is 128 g/mol. The Kier molecular flexibility index (Phi) is 6.84. The zero-order valence-corrected chi connectivity index (χ0v) is 6.56. The molecule has 0 saturated carbocycles. The lowest BCUT2D eigenvalue weighted by Crippen LogP contribution is -2.38. The van der Waals surface area contributed by atoms with E-state index in [9.17, 15) is 0 Å². The highest BCUT2D eigenvalue weighted by molar-refractivity contribution is 4.62. The van der Waals surface area contributed by atoms with E-state index in [0.717, 1.165) is 25.8 Å². The zero-order chi connectivity index (χ0) is 7.82. The molecule has 0 aromatic heterocycles. The van der Waals surface area contributed by atoms with Crippen LogP contribution in [0.4, 0.5) is 0 Å². The van der Waals surface area contributed by atoms with E-state index in [1.807, 2.05) is 0 Å². The molecule has 10 heavy (non-hydrogen) atoms. The molecule has 1 unspecified atom stereocenters. The van der Waals surface area contributed by atoms with Gasteiger partial charge < -0.3 is 0 Å². The molecule has 0 aliphatic rings. The average Bonchev–Trinajstić information content (AvgIpc) is 1.98. The predicted octanol–water partition coefficient (Wildman–Crippen LogP) is -0.528. The summed E-state index contributed by atoms with van der Waals surface area (Å²) >= 11 is 0. The molecule has 0 aliphatic carbocycles. The molecule has 4 heteroatoms. The number of hydrogen-bond acceptors (Lipinski definition) is 4. The average molecular weight is 146 g/mol. The Morgan fingerprint density at radius 3 is 2.40 bits per heavy atom. The van der Waals surface area contributed by atoms with Gasteiger partial charge in [-0.25, -0.2) is 0 Å². The van der Waals surface area contributed by atoms with Gasteiger partial charge in [0, 0.05) is 12.6 Å². The normalized spacial score (nSPS) is 13.5. The third-order valence-corrected chi connectivity index (χ3v) is 1.51. The first kappa shape index (κ1) is 9.84. The first-order valence-electron chi connectivity index (χ1n) is 3.74. The topological polar surface area (TPSA) is 76.1 Å². The van der Waals surface area contributed by atoms with Crippen LogP contribution in [0, 0.1) is 0 Å². The Morgan fingerprint density at radius 1 is 1.30 bits per heavy atom. The van der Waals surface area contributed by atoms with Gasteiger partial charge in [0.2, 0.25) is 0 Å². The highest BCUT2D eigenvalue weighted by Crippen LogP contribution is 1.98. The van der Waals surface area contributed by atoms with Crippen LogP contribution in [0.1, 0.15) is 26.2 Å². The molecule has 0 amide bonds. The Hall–Kier alpha value is -0.160. The highest BCUT2D eigenvalue weighted by Gasteiger charge is 2.02. The molecule has 0 radical (unpaired) electrons. The van der Waals surface area contributed by atoms with E-state index in [4.69, 9.17) is 11.7 Å². The van der Waals surface area contributed by atoms with Crippen molar-refractivity contribution in [3.8, 4) is 0 Å². The lowest BCUT2D eigenvalue weighted by Gasteiger charge is -2.13. The summed E-state index contributed by atoms with van der Waals surface area (Å²) < 4.78 is 0. The van der Waals surface area contributed by atoms with E-state index in [1.165, 1.54) is 0 Å². The first-order chi connectivity index (χ1) is 4.85. The molecule has 0 saturated heterocycles. The Bertz CT molecular complexity index is 66.8. The fourth-order valence-corrected chi connectivity index (χ4v) is 0.917. The summed E-state index contributed by atoms with van der Waals surface area (Å²) in [6, 6.07) is 0.404. The van der Waals surface area contributed by atoms with E-state index >= 15 is 0 Å². The summed E-state index contributed by atoms with van der Waals surface area (Å²) in [4.78, 5) is 0. The predicted molar refractivity (Wildman–Crippen MR) is 42.8 cm³/mol. The minimum absolute atomic E-state index is 0.404. The van der Waals surface area contributed by atoms with Crippen molar-refractivity contribution in [3.05, 3.63) is 0 Å². The molecule has 0 aliphatic heterocycles. The Balaban J connectivity index is 3.21.